The second kappa shape index (κ2) is 7.68. The summed E-state index contributed by atoms with van der Waals surface area (Å²) in [5.41, 5.74) is 0.924. The van der Waals surface area contributed by atoms with E-state index in [1.165, 1.54) is 38.2 Å². The van der Waals surface area contributed by atoms with Gasteiger partial charge in [0.1, 0.15) is 6.54 Å². The summed E-state index contributed by atoms with van der Waals surface area (Å²) >= 11 is 0. The number of hydrogen-bond acceptors (Lipinski definition) is 3. The summed E-state index contributed by atoms with van der Waals surface area (Å²) in [6.07, 6.45) is 10.2. The SMILES string of the molecule is CN(C(=O)Cn1ccc2cc([N+](=O)[O-])ccc21)C1CCCCCCC1. The third kappa shape index (κ3) is 4.00. The molecular weight excluding hydrogens is 318 g/mol. The first kappa shape index (κ1) is 17.5. The molecule has 0 radical (unpaired) electrons. The van der Waals surface area contributed by atoms with E-state index in [1.807, 2.05) is 28.8 Å². The minimum atomic E-state index is -0.398. The molecule has 0 saturated heterocycles. The van der Waals surface area contributed by atoms with Gasteiger partial charge in [0.25, 0.3) is 5.69 Å². The van der Waals surface area contributed by atoms with Crippen LogP contribution in [0.4, 0.5) is 5.69 Å². The van der Waals surface area contributed by atoms with Gasteiger partial charge >= 0.3 is 0 Å². The third-order valence-electron chi connectivity index (χ3n) is 5.29. The van der Waals surface area contributed by atoms with Gasteiger partial charge in [-0.2, -0.15) is 0 Å². The van der Waals surface area contributed by atoms with Crippen molar-refractivity contribution in [3.8, 4) is 0 Å². The van der Waals surface area contributed by atoms with E-state index >= 15 is 0 Å². The molecule has 1 heterocycles. The molecule has 0 N–H and O–H groups in total. The zero-order valence-corrected chi connectivity index (χ0v) is 14.7. The standard InChI is InChI=1S/C19H25N3O3/c1-20(16-7-5-3-2-4-6-8-16)19(23)14-21-12-11-15-13-17(22(24)25)9-10-18(15)21/h9-13,16H,2-8,14H2,1H3. The van der Waals surface area contributed by atoms with Gasteiger partial charge in [0.15, 0.2) is 0 Å². The van der Waals surface area contributed by atoms with Crippen molar-refractivity contribution in [1.29, 1.82) is 0 Å². The summed E-state index contributed by atoms with van der Waals surface area (Å²) in [5, 5.41) is 11.7. The Morgan fingerprint density at radius 1 is 1.20 bits per heavy atom. The molecule has 0 aliphatic heterocycles. The molecule has 1 fully saturated rings. The van der Waals surface area contributed by atoms with E-state index in [0.29, 0.717) is 6.04 Å². The Labute approximate surface area is 147 Å². The highest BCUT2D eigenvalue weighted by Crippen LogP contribution is 2.23. The van der Waals surface area contributed by atoms with E-state index < -0.39 is 4.92 Å². The van der Waals surface area contributed by atoms with Crippen molar-refractivity contribution in [2.75, 3.05) is 7.05 Å². The quantitative estimate of drug-likeness (QED) is 0.619. The average molecular weight is 343 g/mol. The topological polar surface area (TPSA) is 68.4 Å². The lowest BCUT2D eigenvalue weighted by molar-refractivity contribution is -0.384. The number of likely N-dealkylation sites (N-methyl/N-ethyl adjacent to an activating group) is 1. The van der Waals surface area contributed by atoms with Gasteiger partial charge in [-0.05, 0) is 25.0 Å². The number of nitrogens with zero attached hydrogens (tertiary/aromatic N) is 3. The van der Waals surface area contributed by atoms with Gasteiger partial charge in [-0.25, -0.2) is 0 Å². The number of carbonyl (C=O) groups is 1. The molecule has 0 unspecified atom stereocenters. The van der Waals surface area contributed by atoms with Gasteiger partial charge in [-0.15, -0.1) is 0 Å². The van der Waals surface area contributed by atoms with Crippen LogP contribution < -0.4 is 0 Å². The lowest BCUT2D eigenvalue weighted by Crippen LogP contribution is -2.39. The van der Waals surface area contributed by atoms with Crippen molar-refractivity contribution in [2.45, 2.75) is 57.5 Å². The summed E-state index contributed by atoms with van der Waals surface area (Å²) in [6.45, 7) is 0.272. The second-order valence-electron chi connectivity index (χ2n) is 6.95. The summed E-state index contributed by atoms with van der Waals surface area (Å²) < 4.78 is 1.88. The van der Waals surface area contributed by atoms with E-state index in [9.17, 15) is 14.9 Å². The number of fused-ring (bicyclic) bond motifs is 1. The fourth-order valence-corrected chi connectivity index (χ4v) is 3.72. The summed E-state index contributed by atoms with van der Waals surface area (Å²) in [5.74, 6) is 0.0985. The number of nitro benzene ring substituents is 1. The number of carbonyl (C=O) groups excluding carboxylic acids is 1. The first-order chi connectivity index (χ1) is 12.1. The summed E-state index contributed by atoms with van der Waals surface area (Å²) in [4.78, 5) is 25.1. The first-order valence-electron chi connectivity index (χ1n) is 9.05. The van der Waals surface area contributed by atoms with Gasteiger partial charge in [-0.3, -0.25) is 14.9 Å². The van der Waals surface area contributed by atoms with Crippen LogP contribution in [0.5, 0.6) is 0 Å². The monoisotopic (exact) mass is 343 g/mol. The Bertz CT molecular complexity index is 760. The molecule has 6 nitrogen and oxygen atoms in total. The molecule has 3 rings (SSSR count). The molecule has 25 heavy (non-hydrogen) atoms. The molecule has 1 saturated carbocycles. The fourth-order valence-electron chi connectivity index (χ4n) is 3.72. The molecular formula is C19H25N3O3. The van der Waals surface area contributed by atoms with Gasteiger partial charge in [0.05, 0.1) is 4.92 Å². The van der Waals surface area contributed by atoms with E-state index in [0.717, 1.165) is 23.7 Å². The van der Waals surface area contributed by atoms with Crippen molar-refractivity contribution in [2.24, 2.45) is 0 Å². The molecule has 1 aromatic heterocycles. The number of aromatic nitrogens is 1. The van der Waals surface area contributed by atoms with Crippen LogP contribution in [-0.4, -0.2) is 33.4 Å². The second-order valence-corrected chi connectivity index (χ2v) is 6.95. The molecule has 0 atom stereocenters. The maximum absolute atomic E-state index is 12.7. The molecule has 0 spiro atoms. The third-order valence-corrected chi connectivity index (χ3v) is 5.29. The van der Waals surface area contributed by atoms with Gasteiger partial charge < -0.3 is 9.47 Å². The zero-order chi connectivity index (χ0) is 17.8. The lowest BCUT2D eigenvalue weighted by Gasteiger charge is -2.30. The number of benzene rings is 1. The van der Waals surface area contributed by atoms with Crippen molar-refractivity contribution >= 4 is 22.5 Å². The van der Waals surface area contributed by atoms with Crippen molar-refractivity contribution in [3.63, 3.8) is 0 Å². The number of rotatable bonds is 4. The Morgan fingerprint density at radius 2 is 1.88 bits per heavy atom. The average Bonchev–Trinajstić information content (AvgIpc) is 2.96. The molecule has 0 bridgehead atoms. The molecule has 2 aromatic rings. The minimum absolute atomic E-state index is 0.0724. The van der Waals surface area contributed by atoms with Crippen LogP contribution in [0.15, 0.2) is 30.5 Å². The number of amides is 1. The van der Waals surface area contributed by atoms with Crippen LogP contribution >= 0.6 is 0 Å². The van der Waals surface area contributed by atoms with Crippen LogP contribution in [0.3, 0.4) is 0 Å². The lowest BCUT2D eigenvalue weighted by atomic mass is 9.96. The predicted molar refractivity (Wildman–Crippen MR) is 97.5 cm³/mol. The highest BCUT2D eigenvalue weighted by Gasteiger charge is 2.21. The maximum Gasteiger partial charge on any atom is 0.270 e. The molecule has 1 amide bonds. The Kier molecular flexibility index (Phi) is 5.36. The van der Waals surface area contributed by atoms with E-state index in [2.05, 4.69) is 0 Å². The number of non-ortho nitro benzene ring substituents is 1. The number of hydrogen-bond donors (Lipinski definition) is 0. The van der Waals surface area contributed by atoms with Crippen LogP contribution in [0.1, 0.15) is 44.9 Å². The van der Waals surface area contributed by atoms with Crippen LogP contribution in [-0.2, 0) is 11.3 Å². The number of nitro groups is 1. The maximum atomic E-state index is 12.7. The normalized spacial score (nSPS) is 16.4. The van der Waals surface area contributed by atoms with Gasteiger partial charge in [0.2, 0.25) is 5.91 Å². The highest BCUT2D eigenvalue weighted by atomic mass is 16.6. The molecule has 1 aliphatic carbocycles. The Balaban J connectivity index is 1.71. The van der Waals surface area contributed by atoms with E-state index in [1.54, 1.807) is 12.1 Å². The van der Waals surface area contributed by atoms with Crippen LogP contribution in [0.25, 0.3) is 10.9 Å². The van der Waals surface area contributed by atoms with Crippen LogP contribution in [0, 0.1) is 10.1 Å². The summed E-state index contributed by atoms with van der Waals surface area (Å²) in [6, 6.07) is 6.91. The molecule has 1 aliphatic rings. The Hall–Kier alpha value is -2.37. The first-order valence-corrected chi connectivity index (χ1v) is 9.05. The van der Waals surface area contributed by atoms with Crippen molar-refractivity contribution in [1.82, 2.24) is 9.47 Å². The predicted octanol–water partition coefficient (Wildman–Crippen LogP) is 4.12. The van der Waals surface area contributed by atoms with E-state index in [-0.39, 0.29) is 18.1 Å². The Morgan fingerprint density at radius 3 is 2.56 bits per heavy atom. The van der Waals surface area contributed by atoms with E-state index in [4.69, 9.17) is 0 Å². The minimum Gasteiger partial charge on any atom is -0.341 e. The van der Waals surface area contributed by atoms with Crippen LogP contribution in [0.2, 0.25) is 0 Å². The zero-order valence-electron chi connectivity index (χ0n) is 14.7. The van der Waals surface area contributed by atoms with Crippen molar-refractivity contribution in [3.05, 3.63) is 40.6 Å². The molecule has 1 aromatic carbocycles. The molecule has 134 valence electrons. The fraction of sp³-hybridized carbons (Fsp3) is 0.526. The highest BCUT2D eigenvalue weighted by molar-refractivity contribution is 5.85. The largest absolute Gasteiger partial charge is 0.341 e. The molecule has 6 heteroatoms. The van der Waals surface area contributed by atoms with Crippen molar-refractivity contribution < 1.29 is 9.72 Å². The summed E-state index contributed by atoms with van der Waals surface area (Å²) in [7, 11) is 1.91. The van der Waals surface area contributed by atoms with Gasteiger partial charge in [-0.1, -0.05) is 32.1 Å². The smallest absolute Gasteiger partial charge is 0.270 e. The van der Waals surface area contributed by atoms with Gasteiger partial charge in [0, 0.05) is 42.3 Å².